The molecule has 130 valence electrons. The first-order valence-corrected chi connectivity index (χ1v) is 8.63. The summed E-state index contributed by atoms with van der Waals surface area (Å²) < 4.78 is 5.21. The summed E-state index contributed by atoms with van der Waals surface area (Å²) in [5.41, 5.74) is 1.33. The first-order valence-electron chi connectivity index (χ1n) is 7.82. The summed E-state index contributed by atoms with van der Waals surface area (Å²) in [5.74, 6) is -1.07. The number of benzene rings is 1. The lowest BCUT2D eigenvalue weighted by Gasteiger charge is -2.13. The number of nitro benzene ring substituents is 1. The summed E-state index contributed by atoms with van der Waals surface area (Å²) in [6.07, 6.45) is 2.06. The number of non-ortho nitro benzene ring substituents is 1. The first-order chi connectivity index (χ1) is 11.9. The Labute approximate surface area is 147 Å². The van der Waals surface area contributed by atoms with Crippen molar-refractivity contribution in [2.75, 3.05) is 5.32 Å². The van der Waals surface area contributed by atoms with Gasteiger partial charge in [-0.05, 0) is 43.9 Å². The molecule has 0 radical (unpaired) electrons. The fourth-order valence-electron chi connectivity index (χ4n) is 2.64. The Morgan fingerprint density at radius 1 is 1.32 bits per heavy atom. The van der Waals surface area contributed by atoms with E-state index < -0.39 is 22.9 Å². The number of amides is 1. The largest absolute Gasteiger partial charge is 0.448 e. The molecule has 1 N–H and O–H groups in total. The Bertz CT molecular complexity index is 824. The number of nitrogens with one attached hydrogen (secondary N) is 1. The van der Waals surface area contributed by atoms with Crippen molar-refractivity contribution in [3.8, 4) is 0 Å². The number of esters is 1. The van der Waals surface area contributed by atoms with E-state index in [1.807, 2.05) is 6.07 Å². The molecule has 1 heterocycles. The number of thiophene rings is 1. The molecule has 0 spiro atoms. The lowest BCUT2D eigenvalue weighted by molar-refractivity contribution is -0.384. The molecule has 1 aromatic heterocycles. The molecular weight excluding hydrogens is 344 g/mol. The minimum atomic E-state index is -1.01. The van der Waals surface area contributed by atoms with Gasteiger partial charge in [-0.25, -0.2) is 4.79 Å². The molecule has 3 rings (SSSR count). The Morgan fingerprint density at radius 3 is 2.84 bits per heavy atom. The monoisotopic (exact) mass is 360 g/mol. The molecule has 1 aliphatic carbocycles. The quantitative estimate of drug-likeness (QED) is 0.501. The highest BCUT2D eigenvalue weighted by Gasteiger charge is 2.23. The van der Waals surface area contributed by atoms with E-state index in [0.717, 1.165) is 19.3 Å². The van der Waals surface area contributed by atoms with Gasteiger partial charge in [-0.15, -0.1) is 11.3 Å². The highest BCUT2D eigenvalue weighted by molar-refractivity contribution is 7.14. The maximum atomic E-state index is 12.2. The number of carbonyl (C=O) groups excluding carboxylic acids is 2. The summed E-state index contributed by atoms with van der Waals surface area (Å²) in [7, 11) is 0. The normalized spacial score (nSPS) is 13.8. The van der Waals surface area contributed by atoms with Gasteiger partial charge < -0.3 is 10.1 Å². The lowest BCUT2D eigenvalue weighted by atomic mass is 10.2. The van der Waals surface area contributed by atoms with Crippen molar-refractivity contribution in [2.24, 2.45) is 0 Å². The number of carbonyl (C=O) groups is 2. The summed E-state index contributed by atoms with van der Waals surface area (Å²) in [6.45, 7) is 1.46. The fourth-order valence-corrected chi connectivity index (χ4v) is 3.78. The van der Waals surface area contributed by atoms with E-state index in [9.17, 15) is 19.7 Å². The molecule has 0 fully saturated rings. The van der Waals surface area contributed by atoms with Gasteiger partial charge in [0, 0.05) is 22.7 Å². The van der Waals surface area contributed by atoms with Gasteiger partial charge in [-0.3, -0.25) is 14.9 Å². The van der Waals surface area contributed by atoms with Crippen LogP contribution in [0, 0.1) is 10.1 Å². The Kier molecular flexibility index (Phi) is 4.80. The third-order valence-corrected chi connectivity index (χ3v) is 5.14. The van der Waals surface area contributed by atoms with E-state index in [1.165, 1.54) is 53.0 Å². The van der Waals surface area contributed by atoms with Crippen LogP contribution in [-0.2, 0) is 22.4 Å². The number of rotatable bonds is 5. The number of nitro groups is 1. The number of hydrogen-bond donors (Lipinski definition) is 1. The van der Waals surface area contributed by atoms with Crippen LogP contribution < -0.4 is 5.32 Å². The van der Waals surface area contributed by atoms with Crippen LogP contribution >= 0.6 is 11.3 Å². The van der Waals surface area contributed by atoms with Crippen molar-refractivity contribution in [3.63, 3.8) is 0 Å². The number of anilines is 1. The standard InChI is InChI=1S/C17H16N2O5S/c1-10(16(20)18-12-5-3-6-13(9-12)19(22)23)24-17(21)15-8-11-4-2-7-14(11)25-15/h3,5-6,8-10H,2,4,7H2,1H3,(H,18,20). The molecule has 25 heavy (non-hydrogen) atoms. The van der Waals surface area contributed by atoms with Crippen LogP contribution in [0.15, 0.2) is 30.3 Å². The molecule has 0 aliphatic heterocycles. The second kappa shape index (κ2) is 7.02. The molecule has 1 atom stereocenters. The van der Waals surface area contributed by atoms with Crippen LogP contribution in [0.3, 0.4) is 0 Å². The van der Waals surface area contributed by atoms with E-state index >= 15 is 0 Å². The van der Waals surface area contributed by atoms with Crippen LogP contribution in [0.5, 0.6) is 0 Å². The number of hydrogen-bond acceptors (Lipinski definition) is 6. The highest BCUT2D eigenvalue weighted by atomic mass is 32.1. The Balaban J connectivity index is 1.61. The van der Waals surface area contributed by atoms with E-state index in [0.29, 0.717) is 4.88 Å². The summed E-state index contributed by atoms with van der Waals surface area (Å²) in [4.78, 5) is 36.2. The minimum absolute atomic E-state index is 0.129. The van der Waals surface area contributed by atoms with Crippen LogP contribution in [-0.4, -0.2) is 22.9 Å². The maximum Gasteiger partial charge on any atom is 0.349 e. The highest BCUT2D eigenvalue weighted by Crippen LogP contribution is 2.31. The van der Waals surface area contributed by atoms with E-state index in [1.54, 1.807) is 0 Å². The van der Waals surface area contributed by atoms with Crippen LogP contribution in [0.1, 0.15) is 33.5 Å². The third-order valence-electron chi connectivity index (χ3n) is 3.93. The van der Waals surface area contributed by atoms with Crippen LogP contribution in [0.2, 0.25) is 0 Å². The zero-order chi connectivity index (χ0) is 18.0. The number of ether oxygens (including phenoxy) is 1. The minimum Gasteiger partial charge on any atom is -0.448 e. The van der Waals surface area contributed by atoms with Gasteiger partial charge >= 0.3 is 5.97 Å². The molecule has 1 amide bonds. The molecule has 0 saturated carbocycles. The van der Waals surface area contributed by atoms with Crippen molar-refractivity contribution in [3.05, 3.63) is 55.8 Å². The van der Waals surface area contributed by atoms with E-state index in [4.69, 9.17) is 4.74 Å². The van der Waals surface area contributed by atoms with Crippen molar-refractivity contribution < 1.29 is 19.2 Å². The second-order valence-corrected chi connectivity index (χ2v) is 6.89. The summed E-state index contributed by atoms with van der Waals surface area (Å²) in [6, 6.07) is 7.41. The molecule has 8 heteroatoms. The molecule has 1 aromatic carbocycles. The molecule has 1 unspecified atom stereocenters. The van der Waals surface area contributed by atoms with Crippen molar-refractivity contribution in [1.29, 1.82) is 0 Å². The fraction of sp³-hybridized carbons (Fsp3) is 0.294. The van der Waals surface area contributed by atoms with Crippen LogP contribution in [0.25, 0.3) is 0 Å². The number of fused-ring (bicyclic) bond motifs is 1. The predicted molar refractivity (Wildman–Crippen MR) is 92.9 cm³/mol. The Morgan fingerprint density at radius 2 is 2.12 bits per heavy atom. The summed E-state index contributed by atoms with van der Waals surface area (Å²) in [5, 5.41) is 13.3. The topological polar surface area (TPSA) is 98.5 Å². The van der Waals surface area contributed by atoms with E-state index in [-0.39, 0.29) is 11.4 Å². The average Bonchev–Trinajstić information content (AvgIpc) is 3.16. The van der Waals surface area contributed by atoms with Gasteiger partial charge in [0.15, 0.2) is 6.10 Å². The zero-order valence-electron chi connectivity index (χ0n) is 13.5. The maximum absolute atomic E-state index is 12.2. The van der Waals surface area contributed by atoms with Gasteiger partial charge in [0.05, 0.1) is 4.92 Å². The first kappa shape index (κ1) is 17.1. The smallest absolute Gasteiger partial charge is 0.349 e. The van der Waals surface area contributed by atoms with Gasteiger partial charge in [-0.1, -0.05) is 6.07 Å². The van der Waals surface area contributed by atoms with Gasteiger partial charge in [0.2, 0.25) is 0 Å². The molecule has 0 saturated heterocycles. The van der Waals surface area contributed by atoms with Gasteiger partial charge in [-0.2, -0.15) is 0 Å². The molecule has 2 aromatic rings. The van der Waals surface area contributed by atoms with Gasteiger partial charge in [0.25, 0.3) is 11.6 Å². The molecule has 0 bridgehead atoms. The Hall–Kier alpha value is -2.74. The van der Waals surface area contributed by atoms with Gasteiger partial charge in [0.1, 0.15) is 4.88 Å². The molecular formula is C17H16N2O5S. The van der Waals surface area contributed by atoms with Crippen molar-refractivity contribution in [1.82, 2.24) is 0 Å². The SMILES string of the molecule is CC(OC(=O)c1cc2c(s1)CCC2)C(=O)Nc1cccc([N+](=O)[O-])c1. The van der Waals surface area contributed by atoms with E-state index in [2.05, 4.69) is 5.32 Å². The molecule has 1 aliphatic rings. The van der Waals surface area contributed by atoms with Crippen molar-refractivity contribution in [2.45, 2.75) is 32.3 Å². The second-order valence-electron chi connectivity index (χ2n) is 5.76. The third kappa shape index (κ3) is 3.85. The number of aryl methyl sites for hydroxylation is 2. The zero-order valence-corrected chi connectivity index (χ0v) is 14.3. The lowest BCUT2D eigenvalue weighted by Crippen LogP contribution is -2.29. The van der Waals surface area contributed by atoms with Crippen molar-refractivity contribution >= 4 is 34.6 Å². The predicted octanol–water partition coefficient (Wildman–Crippen LogP) is 3.33. The summed E-state index contributed by atoms with van der Waals surface area (Å²) >= 11 is 1.41. The number of nitrogens with zero attached hydrogens (tertiary/aromatic N) is 1. The average molecular weight is 360 g/mol. The van der Waals surface area contributed by atoms with Crippen LogP contribution in [0.4, 0.5) is 11.4 Å². The molecule has 7 nitrogen and oxygen atoms in total.